The third-order valence-electron chi connectivity index (χ3n) is 9.40. The zero-order chi connectivity index (χ0) is 29.0. The van der Waals surface area contributed by atoms with Gasteiger partial charge in [-0.05, 0) is 85.1 Å². The molecule has 224 valence electrons. The van der Waals surface area contributed by atoms with E-state index in [2.05, 4.69) is 76.7 Å². The summed E-state index contributed by atoms with van der Waals surface area (Å²) in [6, 6.07) is 0. The molecule has 6 nitrogen and oxygen atoms in total. The molecule has 0 spiro atoms. The van der Waals surface area contributed by atoms with Crippen molar-refractivity contribution >= 4 is 35.4 Å². The predicted octanol–water partition coefficient (Wildman–Crippen LogP) is 6.26. The first kappa shape index (κ1) is 30.6. The number of aromatic nitrogens is 2. The topological polar surface area (TPSA) is 59.1 Å². The molecular weight excluding hydrogens is 700 g/mol. The maximum Gasteiger partial charge on any atom is 0.166 e. The molecule has 2 aromatic rings. The standard InChI is InChI=1S/C35H44N6.Pt/c1-9-20-24(13-5)32-36-28(20)17-29-21(10-2)25(14-6)33(37-29)39-35-27(16-8)23(12-4)31-18-30-22(11-3)26(15-7)34(38-32)40(30)19-41(31)35;/h17-18H,9-16,19H2,1-8H3;. The van der Waals surface area contributed by atoms with Gasteiger partial charge in [0.05, 0.1) is 11.4 Å². The third kappa shape index (κ3) is 4.39. The monoisotopic (exact) mass is 743 g/mol. The van der Waals surface area contributed by atoms with Crippen molar-refractivity contribution in [1.29, 1.82) is 0 Å². The number of amidine groups is 2. The normalized spacial score (nSPS) is 17.1. The first-order chi connectivity index (χ1) is 20.0. The molecule has 0 amide bonds. The number of fused-ring (bicyclic) bond motifs is 3. The van der Waals surface area contributed by atoms with E-state index in [1.54, 1.807) is 0 Å². The van der Waals surface area contributed by atoms with Gasteiger partial charge in [-0.25, -0.2) is 14.6 Å². The molecular formula is C35H44N6Pt. The van der Waals surface area contributed by atoms with Crippen molar-refractivity contribution in [3.05, 3.63) is 66.8 Å². The molecule has 0 saturated carbocycles. The molecule has 0 atom stereocenters. The van der Waals surface area contributed by atoms with E-state index in [0.717, 1.165) is 85.4 Å². The van der Waals surface area contributed by atoms with E-state index in [-0.39, 0.29) is 21.1 Å². The van der Waals surface area contributed by atoms with Crippen molar-refractivity contribution in [2.45, 2.75) is 113 Å². The Morgan fingerprint density at radius 3 is 1.90 bits per heavy atom. The quantitative estimate of drug-likeness (QED) is 0.295. The van der Waals surface area contributed by atoms with Gasteiger partial charge >= 0.3 is 0 Å². The Kier molecular flexibility index (Phi) is 8.77. The number of allylic oxidation sites excluding steroid dienone is 2. The van der Waals surface area contributed by atoms with Gasteiger partial charge in [0.25, 0.3) is 0 Å². The first-order valence-electron chi connectivity index (χ1n) is 16.0. The van der Waals surface area contributed by atoms with Crippen molar-refractivity contribution in [1.82, 2.24) is 9.55 Å². The number of nitrogens with zero attached hydrogens (tertiary/aromatic N) is 6. The summed E-state index contributed by atoms with van der Waals surface area (Å²) in [4.78, 5) is 21.3. The van der Waals surface area contributed by atoms with E-state index in [4.69, 9.17) is 20.0 Å². The molecule has 42 heavy (non-hydrogen) atoms. The zero-order valence-electron chi connectivity index (χ0n) is 26.5. The molecule has 0 aromatic carbocycles. The van der Waals surface area contributed by atoms with Crippen LogP contribution in [0.5, 0.6) is 0 Å². The Morgan fingerprint density at radius 1 is 0.667 bits per heavy atom. The van der Waals surface area contributed by atoms with Crippen LogP contribution in [0.25, 0.3) is 12.2 Å². The number of rotatable bonds is 8. The molecule has 4 aliphatic rings. The molecule has 6 heterocycles. The van der Waals surface area contributed by atoms with Crippen molar-refractivity contribution in [3.8, 4) is 0 Å². The van der Waals surface area contributed by atoms with Crippen LogP contribution in [0, 0.1) is 0 Å². The summed E-state index contributed by atoms with van der Waals surface area (Å²) >= 11 is 0. The Morgan fingerprint density at radius 2 is 1.31 bits per heavy atom. The van der Waals surface area contributed by atoms with Gasteiger partial charge < -0.3 is 9.98 Å². The van der Waals surface area contributed by atoms with Gasteiger partial charge in [-0.2, -0.15) is 0 Å². The van der Waals surface area contributed by atoms with E-state index < -0.39 is 0 Å². The van der Waals surface area contributed by atoms with Gasteiger partial charge in [0.1, 0.15) is 17.4 Å². The molecule has 2 aromatic heterocycles. The van der Waals surface area contributed by atoms with E-state index in [0.29, 0.717) is 6.67 Å². The maximum absolute atomic E-state index is 5.43. The number of hydrogen-bond acceptors (Lipinski definition) is 3. The fourth-order valence-electron chi connectivity index (χ4n) is 7.50. The van der Waals surface area contributed by atoms with Gasteiger partial charge in [-0.1, -0.05) is 60.9 Å². The van der Waals surface area contributed by atoms with Crippen LogP contribution in [-0.4, -0.2) is 26.5 Å². The second-order valence-corrected chi connectivity index (χ2v) is 11.2. The van der Waals surface area contributed by atoms with Crippen LogP contribution in [0.15, 0.2) is 43.0 Å². The number of aliphatic imine (C=N–C) groups is 2. The Labute approximate surface area is 264 Å². The molecule has 0 N–H and O–H groups in total. The summed E-state index contributed by atoms with van der Waals surface area (Å²) in [6.07, 6.45) is 12.2. The fourth-order valence-corrected chi connectivity index (χ4v) is 7.50. The summed E-state index contributed by atoms with van der Waals surface area (Å²) in [5, 5.41) is 1.01. The summed E-state index contributed by atoms with van der Waals surface area (Å²) in [5.41, 5.74) is 15.1. The van der Waals surface area contributed by atoms with Crippen molar-refractivity contribution < 1.29 is 25.6 Å². The molecule has 0 saturated heterocycles. The first-order valence-corrected chi connectivity index (χ1v) is 16.0. The van der Waals surface area contributed by atoms with Crippen LogP contribution in [0.2, 0.25) is 0 Å². The summed E-state index contributed by atoms with van der Waals surface area (Å²) < 4.78 is 4.86. The van der Waals surface area contributed by atoms with E-state index in [9.17, 15) is 0 Å². The average Bonchev–Trinajstić information content (AvgIpc) is 3.68. The summed E-state index contributed by atoms with van der Waals surface area (Å²) in [7, 11) is 0. The van der Waals surface area contributed by atoms with Gasteiger partial charge in [-0.3, -0.25) is 4.57 Å². The fraction of sp³-hybridized carbons (Fsp3) is 0.486. The van der Waals surface area contributed by atoms with E-state index >= 15 is 0 Å². The molecule has 0 fully saturated rings. The van der Waals surface area contributed by atoms with Crippen molar-refractivity contribution in [2.75, 3.05) is 0 Å². The molecule has 0 radical (unpaired) electrons. The second kappa shape index (κ2) is 12.0. The van der Waals surface area contributed by atoms with Crippen molar-refractivity contribution in [3.63, 3.8) is 0 Å². The molecule has 7 heteroatoms. The van der Waals surface area contributed by atoms with E-state index in [1.807, 2.05) is 0 Å². The van der Waals surface area contributed by atoms with E-state index in [1.165, 1.54) is 55.9 Å². The van der Waals surface area contributed by atoms with Crippen LogP contribution < -0.4 is 15.8 Å². The molecule has 6 bridgehead atoms. The summed E-state index contributed by atoms with van der Waals surface area (Å²) in [5.74, 6) is 2.99. The Balaban J connectivity index is 0.00000353. The smallest absolute Gasteiger partial charge is 0.166 e. The molecule has 0 unspecified atom stereocenters. The van der Waals surface area contributed by atoms with Crippen LogP contribution in [0.1, 0.15) is 109 Å². The molecule has 4 aliphatic heterocycles. The minimum absolute atomic E-state index is 0. The Bertz CT molecular complexity index is 1780. The molecule has 0 aliphatic carbocycles. The summed E-state index contributed by atoms with van der Waals surface area (Å²) in [6.45, 7) is 18.7. The van der Waals surface area contributed by atoms with Crippen LogP contribution >= 0.6 is 0 Å². The van der Waals surface area contributed by atoms with Crippen molar-refractivity contribution in [2.24, 2.45) is 15.0 Å². The van der Waals surface area contributed by atoms with Crippen LogP contribution in [0.3, 0.4) is 0 Å². The van der Waals surface area contributed by atoms with Gasteiger partial charge in [0.2, 0.25) is 0 Å². The van der Waals surface area contributed by atoms with Gasteiger partial charge in [0, 0.05) is 49.4 Å². The minimum Gasteiger partial charge on any atom is -0.436 e. The largest absolute Gasteiger partial charge is 0.436 e. The predicted molar refractivity (Wildman–Crippen MR) is 170 cm³/mol. The van der Waals surface area contributed by atoms with Gasteiger partial charge in [0.15, 0.2) is 12.5 Å². The zero-order valence-corrected chi connectivity index (χ0v) is 28.8. The van der Waals surface area contributed by atoms with Crippen LogP contribution in [-0.2, 0) is 53.4 Å². The average molecular weight is 744 g/mol. The SMILES string of the molecule is CCC1=C(CC)C2=[N+]3Cn4c(c(CC)c(CC)c4N=C4N=C(C=c5[n-]c(c(CC)c5CC)=N2)C(CC)=C4CC)C=C13.[Pt]. The Hall–Kier alpha value is -2.85. The number of hydrogen-bond donors (Lipinski definition) is 0. The third-order valence-corrected chi connectivity index (χ3v) is 9.40. The minimum atomic E-state index is 0. The van der Waals surface area contributed by atoms with Crippen LogP contribution in [0.4, 0.5) is 5.82 Å². The second-order valence-electron chi connectivity index (χ2n) is 11.2. The van der Waals surface area contributed by atoms with Gasteiger partial charge in [-0.15, -0.1) is 0 Å². The maximum atomic E-state index is 5.43. The molecule has 6 rings (SSSR count).